The third-order valence-corrected chi connectivity index (χ3v) is 4.24. The first-order chi connectivity index (χ1) is 9.16. The van der Waals surface area contributed by atoms with Gasteiger partial charge in [-0.3, -0.25) is 4.79 Å². The van der Waals surface area contributed by atoms with Crippen molar-refractivity contribution in [3.63, 3.8) is 0 Å². The van der Waals surface area contributed by atoms with Gasteiger partial charge in [-0.2, -0.15) is 0 Å². The average Bonchev–Trinajstić information content (AvgIpc) is 2.66. The van der Waals surface area contributed by atoms with E-state index in [4.69, 9.17) is 0 Å². The Bertz CT molecular complexity index is 500. The van der Waals surface area contributed by atoms with E-state index >= 15 is 0 Å². The van der Waals surface area contributed by atoms with Gasteiger partial charge in [-0.1, -0.05) is 34.1 Å². The number of nitrogens with one attached hydrogen (secondary N) is 1. The quantitative estimate of drug-likeness (QED) is 0.877. The molecule has 5 heteroatoms. The molecular formula is C15H23NO3S. The zero-order chi connectivity index (χ0) is 15.5. The zero-order valence-corrected chi connectivity index (χ0v) is 13.6. The van der Waals surface area contributed by atoms with Crippen LogP contribution in [0.4, 0.5) is 0 Å². The maximum absolute atomic E-state index is 12.2. The van der Waals surface area contributed by atoms with Crippen LogP contribution in [0, 0.1) is 12.3 Å². The van der Waals surface area contributed by atoms with E-state index in [1.807, 2.05) is 13.0 Å². The summed E-state index contributed by atoms with van der Waals surface area (Å²) in [7, 11) is 0. The molecule has 112 valence electrons. The van der Waals surface area contributed by atoms with E-state index in [2.05, 4.69) is 12.2 Å². The number of aliphatic carboxylic acids is 1. The van der Waals surface area contributed by atoms with Crippen LogP contribution in [0.1, 0.15) is 54.2 Å². The van der Waals surface area contributed by atoms with Gasteiger partial charge in [-0.05, 0) is 30.4 Å². The average molecular weight is 297 g/mol. The minimum absolute atomic E-state index is 0.303. The predicted molar refractivity (Wildman–Crippen MR) is 81.4 cm³/mol. The smallest absolute Gasteiger partial charge is 0.326 e. The first-order valence-corrected chi connectivity index (χ1v) is 7.61. The van der Waals surface area contributed by atoms with Crippen LogP contribution >= 0.6 is 11.3 Å². The van der Waals surface area contributed by atoms with Crippen molar-refractivity contribution in [3.8, 4) is 0 Å². The van der Waals surface area contributed by atoms with Gasteiger partial charge >= 0.3 is 5.97 Å². The molecule has 1 rings (SSSR count). The first kappa shape index (κ1) is 16.7. The topological polar surface area (TPSA) is 66.4 Å². The molecule has 1 heterocycles. The number of rotatable bonds is 5. The number of amides is 1. The lowest BCUT2D eigenvalue weighted by molar-refractivity contribution is -0.142. The monoisotopic (exact) mass is 297 g/mol. The molecule has 1 unspecified atom stereocenters. The molecule has 2 N–H and O–H groups in total. The third kappa shape index (κ3) is 4.07. The van der Waals surface area contributed by atoms with E-state index < -0.39 is 17.4 Å². The van der Waals surface area contributed by atoms with Crippen molar-refractivity contribution < 1.29 is 14.7 Å². The summed E-state index contributed by atoms with van der Waals surface area (Å²) in [5.41, 5.74) is 0.644. The maximum Gasteiger partial charge on any atom is 0.326 e. The van der Waals surface area contributed by atoms with Gasteiger partial charge in [0.05, 0.1) is 4.88 Å². The van der Waals surface area contributed by atoms with Crippen molar-refractivity contribution in [2.75, 3.05) is 0 Å². The summed E-state index contributed by atoms with van der Waals surface area (Å²) < 4.78 is 0. The molecule has 0 fully saturated rings. The molecule has 20 heavy (non-hydrogen) atoms. The lowest BCUT2D eigenvalue weighted by Gasteiger charge is -2.27. The van der Waals surface area contributed by atoms with Gasteiger partial charge < -0.3 is 10.4 Å². The Kier molecular flexibility index (Phi) is 5.34. The summed E-state index contributed by atoms with van der Waals surface area (Å²) in [4.78, 5) is 25.2. The van der Waals surface area contributed by atoms with Crippen molar-refractivity contribution in [1.29, 1.82) is 0 Å². The second-order valence-electron chi connectivity index (χ2n) is 6.05. The van der Waals surface area contributed by atoms with Crippen LogP contribution in [0.25, 0.3) is 0 Å². The van der Waals surface area contributed by atoms with Crippen LogP contribution in [-0.2, 0) is 11.2 Å². The van der Waals surface area contributed by atoms with Crippen molar-refractivity contribution in [1.82, 2.24) is 5.32 Å². The fourth-order valence-corrected chi connectivity index (χ4v) is 2.97. The molecule has 0 spiro atoms. The molecule has 1 aromatic rings. The SMILES string of the molecule is CCCc1cc(C(=O)NC(C(=O)O)C(C)(C)C)sc1C. The van der Waals surface area contributed by atoms with Crippen LogP contribution < -0.4 is 5.32 Å². The number of carboxylic acid groups (broad SMARTS) is 1. The maximum atomic E-state index is 12.2. The Morgan fingerprint density at radius 2 is 2.00 bits per heavy atom. The Morgan fingerprint density at radius 1 is 1.40 bits per heavy atom. The summed E-state index contributed by atoms with van der Waals surface area (Å²) in [6.45, 7) is 9.48. The van der Waals surface area contributed by atoms with Gasteiger partial charge in [0.2, 0.25) is 0 Å². The third-order valence-electron chi connectivity index (χ3n) is 3.15. The Hall–Kier alpha value is -1.36. The summed E-state index contributed by atoms with van der Waals surface area (Å²) in [6, 6.07) is 0.979. The van der Waals surface area contributed by atoms with Crippen LogP contribution in [0.5, 0.6) is 0 Å². The number of hydrogen-bond donors (Lipinski definition) is 2. The highest BCUT2D eigenvalue weighted by atomic mass is 32.1. The van der Waals surface area contributed by atoms with Crippen LogP contribution in [0.3, 0.4) is 0 Å². The summed E-state index contributed by atoms with van der Waals surface area (Å²) in [5, 5.41) is 11.9. The largest absolute Gasteiger partial charge is 0.480 e. The minimum Gasteiger partial charge on any atom is -0.480 e. The Morgan fingerprint density at radius 3 is 2.45 bits per heavy atom. The van der Waals surface area contributed by atoms with Crippen LogP contribution in [-0.4, -0.2) is 23.0 Å². The van der Waals surface area contributed by atoms with Crippen LogP contribution in [0.2, 0.25) is 0 Å². The number of hydrogen-bond acceptors (Lipinski definition) is 3. The van der Waals surface area contributed by atoms with E-state index in [0.29, 0.717) is 4.88 Å². The van der Waals surface area contributed by atoms with Crippen molar-refractivity contribution in [3.05, 3.63) is 21.4 Å². The first-order valence-electron chi connectivity index (χ1n) is 6.79. The van der Waals surface area contributed by atoms with E-state index in [1.165, 1.54) is 16.9 Å². The van der Waals surface area contributed by atoms with Crippen molar-refractivity contribution in [2.45, 2.75) is 53.5 Å². The van der Waals surface area contributed by atoms with Crippen molar-refractivity contribution in [2.24, 2.45) is 5.41 Å². The number of carbonyl (C=O) groups is 2. The second-order valence-corrected chi connectivity index (χ2v) is 7.31. The highest BCUT2D eigenvalue weighted by molar-refractivity contribution is 7.14. The van der Waals surface area contributed by atoms with E-state index in [-0.39, 0.29) is 5.91 Å². The molecule has 0 saturated carbocycles. The lowest BCUT2D eigenvalue weighted by atomic mass is 9.87. The van der Waals surface area contributed by atoms with Gasteiger partial charge in [0.25, 0.3) is 5.91 Å². The van der Waals surface area contributed by atoms with Gasteiger partial charge in [0.1, 0.15) is 6.04 Å². The van der Waals surface area contributed by atoms with Crippen LogP contribution in [0.15, 0.2) is 6.07 Å². The highest BCUT2D eigenvalue weighted by Gasteiger charge is 2.33. The normalized spacial score (nSPS) is 13.1. The summed E-state index contributed by atoms with van der Waals surface area (Å²) in [5.74, 6) is -1.31. The van der Waals surface area contributed by atoms with Gasteiger partial charge in [-0.15, -0.1) is 11.3 Å². The molecule has 1 atom stereocenters. The number of thiophene rings is 1. The molecular weight excluding hydrogens is 274 g/mol. The fraction of sp³-hybridized carbons (Fsp3) is 0.600. The molecule has 0 aliphatic heterocycles. The standard InChI is InChI=1S/C15H23NO3S/c1-6-7-10-8-11(20-9(10)2)13(17)16-12(14(18)19)15(3,4)5/h8,12H,6-7H2,1-5H3,(H,16,17)(H,18,19). The summed E-state index contributed by atoms with van der Waals surface area (Å²) >= 11 is 1.42. The van der Waals surface area contributed by atoms with Gasteiger partial charge in [0.15, 0.2) is 0 Å². The molecule has 1 aromatic heterocycles. The molecule has 4 nitrogen and oxygen atoms in total. The summed E-state index contributed by atoms with van der Waals surface area (Å²) in [6.07, 6.45) is 1.97. The molecule has 0 radical (unpaired) electrons. The van der Waals surface area contributed by atoms with Gasteiger partial charge in [-0.25, -0.2) is 4.79 Å². The highest BCUT2D eigenvalue weighted by Crippen LogP contribution is 2.24. The number of carbonyl (C=O) groups excluding carboxylic acids is 1. The zero-order valence-electron chi connectivity index (χ0n) is 12.7. The van der Waals surface area contributed by atoms with Gasteiger partial charge in [0, 0.05) is 4.88 Å². The lowest BCUT2D eigenvalue weighted by Crippen LogP contribution is -2.48. The molecule has 0 aliphatic carbocycles. The molecule has 0 saturated heterocycles. The second kappa shape index (κ2) is 6.39. The van der Waals surface area contributed by atoms with E-state index in [9.17, 15) is 14.7 Å². The number of aryl methyl sites for hydroxylation is 2. The molecule has 0 aromatic carbocycles. The minimum atomic E-state index is -1.01. The Labute approximate surface area is 124 Å². The molecule has 0 bridgehead atoms. The number of carboxylic acids is 1. The predicted octanol–water partition coefficient (Wildman–Crippen LogP) is 3.24. The molecule has 0 aliphatic rings. The van der Waals surface area contributed by atoms with E-state index in [1.54, 1.807) is 20.8 Å². The molecule has 1 amide bonds. The van der Waals surface area contributed by atoms with Crippen molar-refractivity contribution >= 4 is 23.2 Å². The fourth-order valence-electron chi connectivity index (χ4n) is 2.00. The van der Waals surface area contributed by atoms with E-state index in [0.717, 1.165) is 17.7 Å². The Balaban J connectivity index is 2.90.